The predicted molar refractivity (Wildman–Crippen MR) is 143 cm³/mol. The molecule has 1 aliphatic rings. The van der Waals surface area contributed by atoms with Gasteiger partial charge in [0, 0.05) is 18.2 Å². The molecule has 1 amide bonds. The Balaban J connectivity index is 1.55. The number of allylic oxidation sites excluding steroid dienone is 4. The third-order valence-corrected chi connectivity index (χ3v) is 6.61. The summed E-state index contributed by atoms with van der Waals surface area (Å²) in [6.45, 7) is 1.53. The number of methoxy groups -OCH3 is 1. The molecular weight excluding hydrogens is 503 g/mol. The lowest BCUT2D eigenvalue weighted by Gasteiger charge is -2.18. The van der Waals surface area contributed by atoms with E-state index in [2.05, 4.69) is 10.3 Å². The summed E-state index contributed by atoms with van der Waals surface area (Å²) in [4.78, 5) is 41.9. The number of amides is 1. The Morgan fingerprint density at radius 1 is 1.10 bits per heavy atom. The maximum absolute atomic E-state index is 14.0. The van der Waals surface area contributed by atoms with Crippen molar-refractivity contribution in [3.8, 4) is 5.75 Å². The highest BCUT2D eigenvalue weighted by molar-refractivity contribution is 6.06. The van der Waals surface area contributed by atoms with Crippen molar-refractivity contribution in [1.29, 1.82) is 0 Å². The SMILES string of the molecule is COC(=O)[C@H](Cc1ccc(O)cc1)NC(=O)c1cc(C(=O)O)c2cc(CCC3=CCC(C)(F)C=C3)ccc2n1. The lowest BCUT2D eigenvalue weighted by Crippen LogP contribution is -2.43. The van der Waals surface area contributed by atoms with Crippen molar-refractivity contribution >= 4 is 28.7 Å². The molecule has 1 unspecified atom stereocenters. The molecule has 0 fully saturated rings. The van der Waals surface area contributed by atoms with Crippen LogP contribution in [0.1, 0.15) is 51.7 Å². The second-order valence-corrected chi connectivity index (χ2v) is 9.73. The van der Waals surface area contributed by atoms with Crippen LogP contribution in [0, 0.1) is 0 Å². The molecule has 0 spiro atoms. The van der Waals surface area contributed by atoms with Gasteiger partial charge in [-0.2, -0.15) is 0 Å². The summed E-state index contributed by atoms with van der Waals surface area (Å²) < 4.78 is 18.8. The summed E-state index contributed by atoms with van der Waals surface area (Å²) in [5.41, 5.74) is 1.31. The molecule has 1 aliphatic carbocycles. The molecule has 2 aromatic carbocycles. The minimum atomic E-state index is -1.33. The molecule has 0 saturated carbocycles. The van der Waals surface area contributed by atoms with Gasteiger partial charge in [-0.15, -0.1) is 0 Å². The topological polar surface area (TPSA) is 126 Å². The first-order chi connectivity index (χ1) is 18.5. The van der Waals surface area contributed by atoms with Gasteiger partial charge < -0.3 is 20.3 Å². The number of nitrogens with zero attached hydrogens (tertiary/aromatic N) is 1. The average Bonchev–Trinajstić information content (AvgIpc) is 2.91. The number of nitrogens with one attached hydrogen (secondary N) is 1. The summed E-state index contributed by atoms with van der Waals surface area (Å²) in [6.07, 6.45) is 6.91. The van der Waals surface area contributed by atoms with Gasteiger partial charge in [0.05, 0.1) is 18.2 Å². The largest absolute Gasteiger partial charge is 0.508 e. The van der Waals surface area contributed by atoms with Crippen LogP contribution in [0.2, 0.25) is 0 Å². The second-order valence-electron chi connectivity index (χ2n) is 9.73. The van der Waals surface area contributed by atoms with E-state index in [1.165, 1.54) is 32.2 Å². The Morgan fingerprint density at radius 2 is 1.82 bits per heavy atom. The van der Waals surface area contributed by atoms with E-state index in [-0.39, 0.29) is 23.4 Å². The van der Waals surface area contributed by atoms with Crippen LogP contribution in [-0.4, -0.2) is 51.9 Å². The Morgan fingerprint density at radius 3 is 2.46 bits per heavy atom. The highest BCUT2D eigenvalue weighted by Gasteiger charge is 2.25. The quantitative estimate of drug-likeness (QED) is 0.341. The summed E-state index contributed by atoms with van der Waals surface area (Å²) in [5.74, 6) is -2.57. The highest BCUT2D eigenvalue weighted by Crippen LogP contribution is 2.27. The number of alkyl halides is 1. The first-order valence-electron chi connectivity index (χ1n) is 12.5. The number of hydrogen-bond acceptors (Lipinski definition) is 6. The Bertz CT molecular complexity index is 1480. The normalized spacial score (nSPS) is 17.4. The molecule has 0 aliphatic heterocycles. The third-order valence-electron chi connectivity index (χ3n) is 6.61. The van der Waals surface area contributed by atoms with Crippen molar-refractivity contribution in [2.45, 2.75) is 44.3 Å². The number of rotatable bonds is 9. The van der Waals surface area contributed by atoms with Crippen molar-refractivity contribution in [3.05, 3.63) is 94.7 Å². The number of esters is 1. The fourth-order valence-corrected chi connectivity index (χ4v) is 4.38. The zero-order chi connectivity index (χ0) is 28.2. The van der Waals surface area contributed by atoms with E-state index in [0.717, 1.165) is 11.1 Å². The number of aromatic carboxylic acids is 1. The lowest BCUT2D eigenvalue weighted by molar-refractivity contribution is -0.142. The number of phenols is 1. The first-order valence-corrected chi connectivity index (χ1v) is 12.5. The number of benzene rings is 2. The van der Waals surface area contributed by atoms with Gasteiger partial charge in [0.25, 0.3) is 5.91 Å². The number of aryl methyl sites for hydroxylation is 1. The number of aromatic nitrogens is 1. The molecular formula is C30H29FN2O6. The number of phenolic OH excluding ortho intramolecular Hbond substituents is 1. The number of ether oxygens (including phenoxy) is 1. The van der Waals surface area contributed by atoms with Crippen LogP contribution in [0.4, 0.5) is 4.39 Å². The minimum Gasteiger partial charge on any atom is -0.508 e. The molecule has 2 atom stereocenters. The van der Waals surface area contributed by atoms with E-state index in [1.54, 1.807) is 36.4 Å². The standard InChI is InChI=1S/C30H29FN2O6/c1-30(31)13-11-18(12-14-30)3-4-19-7-10-24-22(15-19)23(28(36)37)17-25(32-24)27(35)33-26(29(38)39-2)16-20-5-8-21(34)9-6-20/h5-13,15,17,26,34H,3-4,14,16H2,1-2H3,(H,33,35)(H,36,37)/t26-,30?/m0/s1. The van der Waals surface area contributed by atoms with Crippen molar-refractivity contribution in [2.75, 3.05) is 7.11 Å². The molecule has 0 bridgehead atoms. The van der Waals surface area contributed by atoms with E-state index in [0.29, 0.717) is 35.7 Å². The molecule has 39 heavy (non-hydrogen) atoms. The van der Waals surface area contributed by atoms with Gasteiger partial charge in [-0.25, -0.2) is 19.0 Å². The number of hydrogen-bond donors (Lipinski definition) is 3. The van der Waals surface area contributed by atoms with Crippen LogP contribution in [0.5, 0.6) is 5.75 Å². The summed E-state index contributed by atoms with van der Waals surface area (Å²) in [5, 5.41) is 22.3. The molecule has 202 valence electrons. The zero-order valence-electron chi connectivity index (χ0n) is 21.6. The molecule has 3 N–H and O–H groups in total. The smallest absolute Gasteiger partial charge is 0.336 e. The molecule has 0 radical (unpaired) electrons. The zero-order valence-corrected chi connectivity index (χ0v) is 21.6. The average molecular weight is 533 g/mol. The first kappa shape index (κ1) is 27.5. The van der Waals surface area contributed by atoms with Gasteiger partial charge in [-0.1, -0.05) is 35.9 Å². The predicted octanol–water partition coefficient (Wildman–Crippen LogP) is 4.70. The van der Waals surface area contributed by atoms with Gasteiger partial charge in [-0.3, -0.25) is 4.79 Å². The molecule has 0 saturated heterocycles. The summed E-state index contributed by atoms with van der Waals surface area (Å²) in [7, 11) is 1.20. The van der Waals surface area contributed by atoms with E-state index < -0.39 is 29.6 Å². The second kappa shape index (κ2) is 11.5. The number of carbonyl (C=O) groups is 3. The van der Waals surface area contributed by atoms with E-state index >= 15 is 0 Å². The minimum absolute atomic E-state index is 0.0642. The van der Waals surface area contributed by atoms with Crippen molar-refractivity contribution < 1.29 is 33.7 Å². The molecule has 1 aromatic heterocycles. The molecule has 8 nitrogen and oxygen atoms in total. The molecule has 1 heterocycles. The monoisotopic (exact) mass is 532 g/mol. The highest BCUT2D eigenvalue weighted by atomic mass is 19.1. The van der Waals surface area contributed by atoms with Crippen molar-refractivity contribution in [2.24, 2.45) is 0 Å². The number of carboxylic acid groups (broad SMARTS) is 1. The fraction of sp³-hybridized carbons (Fsp3) is 0.267. The van der Waals surface area contributed by atoms with Crippen LogP contribution in [0.15, 0.2) is 72.3 Å². The maximum Gasteiger partial charge on any atom is 0.336 e. The number of aromatic hydroxyl groups is 1. The number of carbonyl (C=O) groups excluding carboxylic acids is 2. The van der Waals surface area contributed by atoms with Crippen LogP contribution in [0.3, 0.4) is 0 Å². The van der Waals surface area contributed by atoms with Crippen molar-refractivity contribution in [3.63, 3.8) is 0 Å². The number of fused-ring (bicyclic) bond motifs is 1. The molecule has 4 rings (SSSR count). The van der Waals surface area contributed by atoms with Gasteiger partial charge >= 0.3 is 11.9 Å². The third kappa shape index (κ3) is 6.87. The van der Waals surface area contributed by atoms with Gasteiger partial charge in [-0.05, 0) is 67.3 Å². The lowest BCUT2D eigenvalue weighted by atomic mass is 9.92. The van der Waals surface area contributed by atoms with E-state index in [1.807, 2.05) is 12.1 Å². The van der Waals surface area contributed by atoms with Crippen LogP contribution in [-0.2, 0) is 22.4 Å². The van der Waals surface area contributed by atoms with Crippen molar-refractivity contribution in [1.82, 2.24) is 10.3 Å². The Hall–Kier alpha value is -4.53. The molecule has 9 heteroatoms. The number of carboxylic acids is 1. The van der Waals surface area contributed by atoms with Crippen LogP contribution >= 0.6 is 0 Å². The van der Waals surface area contributed by atoms with Crippen LogP contribution in [0.25, 0.3) is 10.9 Å². The molecule has 3 aromatic rings. The van der Waals surface area contributed by atoms with E-state index in [4.69, 9.17) is 4.74 Å². The van der Waals surface area contributed by atoms with Gasteiger partial charge in [0.1, 0.15) is 23.2 Å². The summed E-state index contributed by atoms with van der Waals surface area (Å²) in [6, 6.07) is 11.5. The number of pyridine rings is 1. The maximum atomic E-state index is 14.0. The summed E-state index contributed by atoms with van der Waals surface area (Å²) >= 11 is 0. The Labute approximate surface area is 224 Å². The van der Waals surface area contributed by atoms with E-state index in [9.17, 15) is 29.0 Å². The van der Waals surface area contributed by atoms with Gasteiger partial charge in [0.15, 0.2) is 0 Å². The Kier molecular flexibility index (Phi) is 8.09. The fourth-order valence-electron chi connectivity index (χ4n) is 4.38. The number of halogens is 1. The van der Waals surface area contributed by atoms with Gasteiger partial charge in [0.2, 0.25) is 0 Å². The van der Waals surface area contributed by atoms with Crippen LogP contribution < -0.4 is 5.32 Å².